The monoisotopic (exact) mass is 320 g/mol. The Kier molecular flexibility index (Phi) is 3.67. The molecule has 2 N–H and O–H groups in total. The molecule has 1 aromatic heterocycles. The predicted molar refractivity (Wildman–Crippen MR) is 84.3 cm³/mol. The number of H-pyrrole nitrogens is 1. The lowest BCUT2D eigenvalue weighted by molar-refractivity contribution is 0.151. The average Bonchev–Trinajstić information content (AvgIpc) is 2.81. The number of aliphatic hydroxyl groups is 1. The number of hydrogen-bond acceptors (Lipinski definition) is 4. The van der Waals surface area contributed by atoms with Gasteiger partial charge in [-0.2, -0.15) is 0 Å². The van der Waals surface area contributed by atoms with E-state index in [1.54, 1.807) is 31.2 Å². The Morgan fingerprint density at radius 2 is 1.95 bits per heavy atom. The van der Waals surface area contributed by atoms with Crippen LogP contribution < -0.4 is 16.6 Å². The van der Waals surface area contributed by atoms with Gasteiger partial charge in [-0.25, -0.2) is 4.79 Å². The molecule has 0 spiro atoms. The molecule has 22 heavy (non-hydrogen) atoms. The third-order valence-electron chi connectivity index (χ3n) is 4.15. The lowest BCUT2D eigenvalue weighted by Crippen LogP contribution is -2.36. The van der Waals surface area contributed by atoms with Gasteiger partial charge in [0, 0.05) is 23.2 Å². The van der Waals surface area contributed by atoms with Crippen molar-refractivity contribution in [3.05, 3.63) is 62.9 Å². The van der Waals surface area contributed by atoms with Crippen LogP contribution in [-0.2, 0) is 4.57 Å². The maximum Gasteiger partial charge on any atom is 0.329 e. The normalized spacial score (nSPS) is 27.9. The van der Waals surface area contributed by atoms with Gasteiger partial charge in [0.15, 0.2) is 0 Å². The van der Waals surface area contributed by atoms with Crippen molar-refractivity contribution in [2.24, 2.45) is 0 Å². The van der Waals surface area contributed by atoms with Crippen LogP contribution in [0.15, 0.2) is 46.1 Å². The van der Waals surface area contributed by atoms with Gasteiger partial charge in [0.05, 0.1) is 6.10 Å². The molecule has 1 unspecified atom stereocenters. The number of rotatable bonds is 2. The fourth-order valence-corrected chi connectivity index (χ4v) is 6.45. The standard InChI is InChI=1S/C15H17N2O4P/c1-10-9-17(15(20)16-13(10)19)14-12(18)7-8-22(14,21)11-5-3-2-4-6-11/h2-6,9,12,14,18H,7-8H2,1H3,(H,16,19,20)/t12-,14-,22?/m1/s1. The van der Waals surface area contributed by atoms with Gasteiger partial charge in [0.25, 0.3) is 5.56 Å². The van der Waals surface area contributed by atoms with Crippen molar-refractivity contribution in [2.75, 3.05) is 6.16 Å². The summed E-state index contributed by atoms with van der Waals surface area (Å²) in [5.74, 6) is -0.835. The second-order valence-corrected chi connectivity index (χ2v) is 8.69. The Bertz CT molecular complexity index is 856. The summed E-state index contributed by atoms with van der Waals surface area (Å²) in [6, 6.07) is 8.92. The molecular formula is C15H17N2O4P. The number of benzene rings is 1. The van der Waals surface area contributed by atoms with E-state index in [-0.39, 0.29) is 0 Å². The van der Waals surface area contributed by atoms with Crippen LogP contribution in [0.5, 0.6) is 0 Å². The Morgan fingerprint density at radius 1 is 1.27 bits per heavy atom. The predicted octanol–water partition coefficient (Wildman–Crippen LogP) is 0.797. The van der Waals surface area contributed by atoms with Crippen LogP contribution in [0.3, 0.4) is 0 Å². The number of aryl methyl sites for hydroxylation is 1. The van der Waals surface area contributed by atoms with Crippen LogP contribution in [0.25, 0.3) is 0 Å². The highest BCUT2D eigenvalue weighted by molar-refractivity contribution is 7.72. The molecule has 0 radical (unpaired) electrons. The summed E-state index contributed by atoms with van der Waals surface area (Å²) in [4.78, 5) is 25.9. The maximum atomic E-state index is 13.5. The highest BCUT2D eigenvalue weighted by atomic mass is 31.2. The highest BCUT2D eigenvalue weighted by Crippen LogP contribution is 2.62. The molecule has 0 saturated carbocycles. The minimum atomic E-state index is -2.98. The highest BCUT2D eigenvalue weighted by Gasteiger charge is 2.47. The van der Waals surface area contributed by atoms with Crippen LogP contribution in [0.1, 0.15) is 17.8 Å². The molecule has 0 bridgehead atoms. The van der Waals surface area contributed by atoms with Crippen molar-refractivity contribution >= 4 is 12.4 Å². The summed E-state index contributed by atoms with van der Waals surface area (Å²) in [7, 11) is -2.98. The third-order valence-corrected chi connectivity index (χ3v) is 7.70. The van der Waals surface area contributed by atoms with Crippen molar-refractivity contribution in [3.63, 3.8) is 0 Å². The molecule has 1 fully saturated rings. The fourth-order valence-electron chi connectivity index (χ4n) is 3.01. The van der Waals surface area contributed by atoms with Gasteiger partial charge in [-0.3, -0.25) is 14.3 Å². The van der Waals surface area contributed by atoms with E-state index in [1.807, 2.05) is 6.07 Å². The summed E-state index contributed by atoms with van der Waals surface area (Å²) in [5, 5.41) is 10.9. The number of aliphatic hydroxyl groups excluding tert-OH is 1. The fraction of sp³-hybridized carbons (Fsp3) is 0.333. The number of nitrogens with one attached hydrogen (secondary N) is 1. The van der Waals surface area contributed by atoms with E-state index in [0.717, 1.165) is 0 Å². The molecule has 1 aromatic carbocycles. The SMILES string of the molecule is Cc1cn([C@H]2[C@H](O)CCP2(=O)c2ccccc2)c(=O)[nH]c1=O. The van der Waals surface area contributed by atoms with Gasteiger partial charge < -0.3 is 9.67 Å². The lowest BCUT2D eigenvalue weighted by atomic mass is 10.3. The van der Waals surface area contributed by atoms with E-state index in [4.69, 9.17) is 0 Å². The van der Waals surface area contributed by atoms with E-state index in [0.29, 0.717) is 23.5 Å². The third kappa shape index (κ3) is 2.28. The first-order valence-corrected chi connectivity index (χ1v) is 9.04. The second kappa shape index (κ2) is 5.38. The van der Waals surface area contributed by atoms with Gasteiger partial charge in [-0.15, -0.1) is 0 Å². The van der Waals surface area contributed by atoms with Crippen LogP contribution in [0.4, 0.5) is 0 Å². The van der Waals surface area contributed by atoms with Crippen molar-refractivity contribution in [1.82, 2.24) is 9.55 Å². The summed E-state index contributed by atoms with van der Waals surface area (Å²) in [5.41, 5.74) is -0.765. The van der Waals surface area contributed by atoms with E-state index in [1.165, 1.54) is 10.8 Å². The molecule has 0 amide bonds. The Morgan fingerprint density at radius 3 is 2.64 bits per heavy atom. The molecule has 3 rings (SSSR count). The first-order valence-electron chi connectivity index (χ1n) is 7.08. The molecule has 3 atom stereocenters. The average molecular weight is 320 g/mol. The summed E-state index contributed by atoms with van der Waals surface area (Å²) in [6.07, 6.45) is 1.21. The summed E-state index contributed by atoms with van der Waals surface area (Å²) < 4.78 is 14.7. The zero-order valence-corrected chi connectivity index (χ0v) is 13.0. The van der Waals surface area contributed by atoms with E-state index < -0.39 is 30.3 Å². The Labute approximate surface area is 126 Å². The number of hydrogen-bond donors (Lipinski definition) is 2. The first-order chi connectivity index (χ1) is 10.4. The van der Waals surface area contributed by atoms with Gasteiger partial charge in [0.1, 0.15) is 12.9 Å². The lowest BCUT2D eigenvalue weighted by Gasteiger charge is -2.25. The van der Waals surface area contributed by atoms with E-state index >= 15 is 0 Å². The topological polar surface area (TPSA) is 92.2 Å². The largest absolute Gasteiger partial charge is 0.390 e. The van der Waals surface area contributed by atoms with Crippen molar-refractivity contribution in [2.45, 2.75) is 25.2 Å². The smallest absolute Gasteiger partial charge is 0.329 e. The van der Waals surface area contributed by atoms with Crippen molar-refractivity contribution in [3.8, 4) is 0 Å². The number of aromatic nitrogens is 2. The molecule has 116 valence electrons. The number of nitrogens with zero attached hydrogens (tertiary/aromatic N) is 1. The zero-order valence-electron chi connectivity index (χ0n) is 12.1. The molecule has 2 aromatic rings. The maximum absolute atomic E-state index is 13.5. The Balaban J connectivity index is 2.20. The van der Waals surface area contributed by atoms with Crippen molar-refractivity contribution in [1.29, 1.82) is 0 Å². The molecule has 1 saturated heterocycles. The van der Waals surface area contributed by atoms with Crippen LogP contribution in [-0.4, -0.2) is 26.9 Å². The van der Waals surface area contributed by atoms with Gasteiger partial charge >= 0.3 is 5.69 Å². The first kappa shape index (κ1) is 15.0. The quantitative estimate of drug-likeness (QED) is 0.801. The minimum absolute atomic E-state index is 0.341. The molecular weight excluding hydrogens is 303 g/mol. The summed E-state index contributed by atoms with van der Waals surface area (Å²) >= 11 is 0. The van der Waals surface area contributed by atoms with Crippen LogP contribution >= 0.6 is 7.14 Å². The Hall–Kier alpha value is -1.91. The minimum Gasteiger partial charge on any atom is -0.390 e. The molecule has 0 aliphatic carbocycles. The molecule has 6 nitrogen and oxygen atoms in total. The summed E-state index contributed by atoms with van der Waals surface area (Å²) in [6.45, 7) is 1.57. The van der Waals surface area contributed by atoms with E-state index in [9.17, 15) is 19.3 Å². The molecule has 1 aliphatic heterocycles. The molecule has 2 heterocycles. The van der Waals surface area contributed by atoms with Gasteiger partial charge in [-0.1, -0.05) is 30.3 Å². The van der Waals surface area contributed by atoms with Crippen LogP contribution in [0.2, 0.25) is 0 Å². The van der Waals surface area contributed by atoms with E-state index in [2.05, 4.69) is 4.98 Å². The zero-order chi connectivity index (χ0) is 15.9. The number of aromatic amines is 1. The molecule has 1 aliphatic rings. The second-order valence-electron chi connectivity index (χ2n) is 5.60. The van der Waals surface area contributed by atoms with Crippen LogP contribution in [0, 0.1) is 6.92 Å². The molecule has 7 heteroatoms. The van der Waals surface area contributed by atoms with Gasteiger partial charge in [-0.05, 0) is 13.3 Å². The van der Waals surface area contributed by atoms with Gasteiger partial charge in [0.2, 0.25) is 0 Å². The van der Waals surface area contributed by atoms with Crippen molar-refractivity contribution < 1.29 is 9.67 Å².